The largest absolute Gasteiger partial charge is 0.377 e. The number of rotatable bonds is 4. The van der Waals surface area contributed by atoms with Crippen molar-refractivity contribution in [1.29, 1.82) is 0 Å². The van der Waals surface area contributed by atoms with Crippen molar-refractivity contribution in [3.8, 4) is 0 Å². The number of allylic oxidation sites excluding steroid dienone is 1. The molecule has 12 heavy (non-hydrogen) atoms. The lowest BCUT2D eigenvalue weighted by molar-refractivity contribution is 0.140. The van der Waals surface area contributed by atoms with E-state index >= 15 is 0 Å². The van der Waals surface area contributed by atoms with Crippen molar-refractivity contribution >= 4 is 0 Å². The van der Waals surface area contributed by atoms with Gasteiger partial charge in [0.1, 0.15) is 0 Å². The maximum Gasteiger partial charge on any atom is 0.0797 e. The third kappa shape index (κ3) is 4.95. The van der Waals surface area contributed by atoms with Crippen LogP contribution in [-0.2, 0) is 4.74 Å². The van der Waals surface area contributed by atoms with Gasteiger partial charge >= 0.3 is 0 Å². The normalized spacial score (nSPS) is 11.7. The fourth-order valence-corrected chi connectivity index (χ4v) is 0.956. The molecule has 1 nitrogen and oxygen atoms in total. The molecule has 0 N–H and O–H groups in total. The fourth-order valence-electron chi connectivity index (χ4n) is 0.956. The Hall–Kier alpha value is -0.780. The minimum Gasteiger partial charge on any atom is -0.377 e. The van der Waals surface area contributed by atoms with Crippen molar-refractivity contribution in [2.75, 3.05) is 7.11 Å². The van der Waals surface area contributed by atoms with E-state index < -0.39 is 0 Å². The van der Waals surface area contributed by atoms with E-state index in [0.717, 1.165) is 12.0 Å². The van der Waals surface area contributed by atoms with Gasteiger partial charge in [-0.1, -0.05) is 18.2 Å². The van der Waals surface area contributed by atoms with Crippen LogP contribution in [0.4, 0.5) is 0 Å². The second kappa shape index (κ2) is 5.82. The zero-order valence-electron chi connectivity index (χ0n) is 8.48. The van der Waals surface area contributed by atoms with Crippen LogP contribution in [0.2, 0.25) is 0 Å². The first-order chi connectivity index (χ1) is 5.60. The lowest BCUT2D eigenvalue weighted by Gasteiger charge is -2.10. The van der Waals surface area contributed by atoms with Crippen molar-refractivity contribution in [1.82, 2.24) is 0 Å². The molecule has 0 rings (SSSR count). The summed E-state index contributed by atoms with van der Waals surface area (Å²) >= 11 is 0. The van der Waals surface area contributed by atoms with Crippen molar-refractivity contribution in [3.05, 3.63) is 29.5 Å². The SMILES string of the molecule is C=C=C(C)CC(C=C(C)C)OC. The Bertz CT molecular complexity index is 203. The molecule has 0 aromatic heterocycles. The molecule has 0 amide bonds. The molecule has 0 aliphatic rings. The second-order valence-corrected chi connectivity index (χ2v) is 3.18. The number of ether oxygens (including phenoxy) is 1. The quantitative estimate of drug-likeness (QED) is 0.460. The van der Waals surface area contributed by atoms with E-state index in [1.165, 1.54) is 5.57 Å². The van der Waals surface area contributed by atoms with Gasteiger partial charge in [-0.25, -0.2) is 0 Å². The van der Waals surface area contributed by atoms with Crippen molar-refractivity contribution in [3.63, 3.8) is 0 Å². The molecule has 0 radical (unpaired) electrons. The highest BCUT2D eigenvalue weighted by atomic mass is 16.5. The summed E-state index contributed by atoms with van der Waals surface area (Å²) in [6.45, 7) is 9.74. The fraction of sp³-hybridized carbons (Fsp3) is 0.545. The van der Waals surface area contributed by atoms with Crippen LogP contribution >= 0.6 is 0 Å². The first-order valence-corrected chi connectivity index (χ1v) is 4.13. The van der Waals surface area contributed by atoms with Crippen LogP contribution in [0, 0.1) is 0 Å². The molecule has 0 aromatic carbocycles. The Kier molecular flexibility index (Phi) is 5.44. The predicted molar refractivity (Wildman–Crippen MR) is 53.2 cm³/mol. The summed E-state index contributed by atoms with van der Waals surface area (Å²) in [5.41, 5.74) is 5.28. The van der Waals surface area contributed by atoms with Gasteiger partial charge in [0.2, 0.25) is 0 Å². The Morgan fingerprint density at radius 3 is 2.42 bits per heavy atom. The van der Waals surface area contributed by atoms with Gasteiger partial charge in [0.25, 0.3) is 0 Å². The number of methoxy groups -OCH3 is 1. The molecule has 0 fully saturated rings. The molecule has 1 atom stereocenters. The molecule has 68 valence electrons. The van der Waals surface area contributed by atoms with Gasteiger partial charge in [0.15, 0.2) is 0 Å². The molecule has 0 saturated heterocycles. The van der Waals surface area contributed by atoms with E-state index in [-0.39, 0.29) is 6.10 Å². The topological polar surface area (TPSA) is 9.23 Å². The van der Waals surface area contributed by atoms with Crippen LogP contribution in [0.3, 0.4) is 0 Å². The van der Waals surface area contributed by atoms with Crippen LogP contribution in [0.25, 0.3) is 0 Å². The molecule has 0 aromatic rings. The Balaban J connectivity index is 4.19. The van der Waals surface area contributed by atoms with Gasteiger partial charge in [0.05, 0.1) is 6.10 Å². The predicted octanol–water partition coefficient (Wildman–Crippen LogP) is 3.09. The number of hydrogen-bond acceptors (Lipinski definition) is 1. The molecule has 0 saturated carbocycles. The highest BCUT2D eigenvalue weighted by molar-refractivity contribution is 5.05. The van der Waals surface area contributed by atoms with Gasteiger partial charge in [-0.2, -0.15) is 0 Å². The summed E-state index contributed by atoms with van der Waals surface area (Å²) in [6, 6.07) is 0. The van der Waals surface area contributed by atoms with E-state index in [2.05, 4.69) is 32.2 Å². The van der Waals surface area contributed by atoms with Gasteiger partial charge in [-0.05, 0) is 26.3 Å². The van der Waals surface area contributed by atoms with Crippen molar-refractivity contribution in [2.45, 2.75) is 33.3 Å². The zero-order valence-corrected chi connectivity index (χ0v) is 8.48. The maximum atomic E-state index is 5.27. The second-order valence-electron chi connectivity index (χ2n) is 3.18. The summed E-state index contributed by atoms with van der Waals surface area (Å²) in [5, 5.41) is 0. The monoisotopic (exact) mass is 166 g/mol. The molecule has 0 aliphatic heterocycles. The average molecular weight is 166 g/mol. The Morgan fingerprint density at radius 1 is 1.50 bits per heavy atom. The average Bonchev–Trinajstić information content (AvgIpc) is 2.02. The standard InChI is InChI=1S/C11H18O/c1-6-10(4)8-11(12-5)7-9(2)3/h7,11H,1,8H2,2-5H3. The lowest BCUT2D eigenvalue weighted by Crippen LogP contribution is -2.07. The van der Waals surface area contributed by atoms with Crippen LogP contribution in [0.15, 0.2) is 29.5 Å². The molecule has 0 heterocycles. The summed E-state index contributed by atoms with van der Waals surface area (Å²) in [5.74, 6) is 0. The van der Waals surface area contributed by atoms with E-state index in [4.69, 9.17) is 4.74 Å². The summed E-state index contributed by atoms with van der Waals surface area (Å²) < 4.78 is 5.27. The van der Waals surface area contributed by atoms with Crippen LogP contribution in [-0.4, -0.2) is 13.2 Å². The van der Waals surface area contributed by atoms with Crippen LogP contribution < -0.4 is 0 Å². The third-order valence-corrected chi connectivity index (χ3v) is 1.63. The summed E-state index contributed by atoms with van der Waals surface area (Å²) in [4.78, 5) is 0. The molecule has 0 aliphatic carbocycles. The molecular formula is C11H18O. The first-order valence-electron chi connectivity index (χ1n) is 4.13. The van der Waals surface area contributed by atoms with E-state index in [1.54, 1.807) is 7.11 Å². The van der Waals surface area contributed by atoms with E-state index in [9.17, 15) is 0 Å². The van der Waals surface area contributed by atoms with E-state index in [0.29, 0.717) is 0 Å². The molecular weight excluding hydrogens is 148 g/mol. The van der Waals surface area contributed by atoms with Crippen molar-refractivity contribution < 1.29 is 4.74 Å². The smallest absolute Gasteiger partial charge is 0.0797 e. The highest BCUT2D eigenvalue weighted by Crippen LogP contribution is 2.09. The Labute approximate surface area is 75.4 Å². The van der Waals surface area contributed by atoms with Crippen LogP contribution in [0.1, 0.15) is 27.2 Å². The third-order valence-electron chi connectivity index (χ3n) is 1.63. The maximum absolute atomic E-state index is 5.27. The Morgan fingerprint density at radius 2 is 2.08 bits per heavy atom. The number of hydrogen-bond donors (Lipinski definition) is 0. The highest BCUT2D eigenvalue weighted by Gasteiger charge is 2.03. The van der Waals surface area contributed by atoms with E-state index in [1.807, 2.05) is 6.92 Å². The lowest BCUT2D eigenvalue weighted by atomic mass is 10.1. The van der Waals surface area contributed by atoms with Gasteiger partial charge in [-0.15, -0.1) is 5.73 Å². The molecule has 1 heteroatoms. The molecule has 0 bridgehead atoms. The van der Waals surface area contributed by atoms with Crippen LogP contribution in [0.5, 0.6) is 0 Å². The molecule has 1 unspecified atom stereocenters. The van der Waals surface area contributed by atoms with Gasteiger partial charge in [0, 0.05) is 13.5 Å². The minimum atomic E-state index is 0.171. The minimum absolute atomic E-state index is 0.171. The van der Waals surface area contributed by atoms with Gasteiger partial charge in [-0.3, -0.25) is 0 Å². The summed E-state index contributed by atoms with van der Waals surface area (Å²) in [7, 11) is 1.72. The molecule has 0 spiro atoms. The van der Waals surface area contributed by atoms with Gasteiger partial charge < -0.3 is 4.74 Å². The van der Waals surface area contributed by atoms with Crippen molar-refractivity contribution in [2.24, 2.45) is 0 Å². The first kappa shape index (κ1) is 11.2. The summed E-state index contributed by atoms with van der Waals surface area (Å²) in [6.07, 6.45) is 3.16. The zero-order chi connectivity index (χ0) is 9.56.